The van der Waals surface area contributed by atoms with Crippen LogP contribution in [-0.2, 0) is 14.8 Å². The van der Waals surface area contributed by atoms with Crippen molar-refractivity contribution in [2.24, 2.45) is 0 Å². The highest BCUT2D eigenvalue weighted by atomic mass is 32.2. The van der Waals surface area contributed by atoms with Gasteiger partial charge >= 0.3 is 0 Å². The molecule has 0 aliphatic carbocycles. The average molecular weight is 394 g/mol. The fourth-order valence-corrected chi connectivity index (χ4v) is 5.38. The summed E-state index contributed by atoms with van der Waals surface area (Å²) in [6, 6.07) is 6.35. The van der Waals surface area contributed by atoms with E-state index in [1.54, 1.807) is 24.3 Å². The largest absolute Gasteiger partial charge is 0.325 e. The number of carbonyl (C=O) groups is 1. The Morgan fingerprint density at radius 3 is 2.00 bits per heavy atom. The van der Waals surface area contributed by atoms with Crippen molar-refractivity contribution in [3.8, 4) is 0 Å². The average Bonchev–Trinajstić information content (AvgIpc) is 3.17. The first-order valence-corrected chi connectivity index (χ1v) is 11.6. The Hall–Kier alpha value is -1.44. The number of hydrogen-bond acceptors (Lipinski definition) is 4. The van der Waals surface area contributed by atoms with Gasteiger partial charge in [0.25, 0.3) is 0 Å². The van der Waals surface area contributed by atoms with Crippen molar-refractivity contribution >= 4 is 21.6 Å². The highest BCUT2D eigenvalue weighted by Crippen LogP contribution is 2.22. The van der Waals surface area contributed by atoms with Crippen LogP contribution >= 0.6 is 0 Å². The molecule has 0 saturated carbocycles. The van der Waals surface area contributed by atoms with Gasteiger partial charge in [-0.2, -0.15) is 4.31 Å². The molecular formula is C20H31N3O3S. The van der Waals surface area contributed by atoms with Crippen LogP contribution in [0.3, 0.4) is 0 Å². The molecule has 6 nitrogen and oxygen atoms in total. The number of likely N-dealkylation sites (tertiary alicyclic amines) is 1. The minimum absolute atomic E-state index is 0.0364. The van der Waals surface area contributed by atoms with Gasteiger partial charge in [-0.15, -0.1) is 0 Å². The highest BCUT2D eigenvalue weighted by Gasteiger charge is 2.27. The number of carbonyl (C=O) groups excluding carboxylic acids is 1. The minimum atomic E-state index is -3.41. The van der Waals surface area contributed by atoms with Gasteiger partial charge in [0.1, 0.15) is 0 Å². The van der Waals surface area contributed by atoms with Gasteiger partial charge < -0.3 is 5.32 Å². The standard InChI is InChI=1S/C20H31N3O3S/c1-17(22-13-5-3-2-4-6-14-22)20(24)21-18-9-11-19(12-10-18)27(25,26)23-15-7-8-16-23/h9-12,17H,2-8,13-16H2,1H3,(H,21,24). The zero-order valence-electron chi connectivity index (χ0n) is 16.2. The molecule has 27 heavy (non-hydrogen) atoms. The SMILES string of the molecule is CC(C(=O)Nc1ccc(S(=O)(=O)N2CCCC2)cc1)N1CCCCCCC1. The minimum Gasteiger partial charge on any atom is -0.325 e. The number of amides is 1. The predicted octanol–water partition coefficient (Wildman–Crippen LogP) is 3.06. The summed E-state index contributed by atoms with van der Waals surface area (Å²) in [5, 5.41) is 2.93. The van der Waals surface area contributed by atoms with Gasteiger partial charge in [-0.1, -0.05) is 19.3 Å². The van der Waals surface area contributed by atoms with Gasteiger partial charge in [-0.05, 0) is 70.0 Å². The van der Waals surface area contributed by atoms with Gasteiger partial charge in [-0.25, -0.2) is 8.42 Å². The molecule has 0 bridgehead atoms. The Bertz CT molecular complexity index is 719. The second-order valence-corrected chi connectivity index (χ2v) is 9.54. The normalized spacial score (nSPS) is 21.4. The van der Waals surface area contributed by atoms with E-state index in [2.05, 4.69) is 10.2 Å². The molecule has 1 aromatic carbocycles. The van der Waals surface area contributed by atoms with Crippen LogP contribution in [0.5, 0.6) is 0 Å². The molecule has 2 aliphatic heterocycles. The van der Waals surface area contributed by atoms with E-state index in [4.69, 9.17) is 0 Å². The molecule has 3 rings (SSSR count). The van der Waals surface area contributed by atoms with Crippen molar-refractivity contribution in [1.82, 2.24) is 9.21 Å². The van der Waals surface area contributed by atoms with E-state index in [0.717, 1.165) is 38.8 Å². The summed E-state index contributed by atoms with van der Waals surface area (Å²) in [4.78, 5) is 15.2. The van der Waals surface area contributed by atoms with Crippen molar-refractivity contribution in [2.75, 3.05) is 31.5 Å². The lowest BCUT2D eigenvalue weighted by molar-refractivity contribution is -0.120. The van der Waals surface area contributed by atoms with E-state index >= 15 is 0 Å². The van der Waals surface area contributed by atoms with Crippen LogP contribution in [0.4, 0.5) is 5.69 Å². The third-order valence-corrected chi connectivity index (χ3v) is 7.56. The molecule has 0 aromatic heterocycles. The monoisotopic (exact) mass is 393 g/mol. The van der Waals surface area contributed by atoms with Gasteiger partial charge in [0.15, 0.2) is 0 Å². The molecule has 0 radical (unpaired) electrons. The number of rotatable bonds is 5. The van der Waals surface area contributed by atoms with Crippen LogP contribution in [-0.4, -0.2) is 55.8 Å². The lowest BCUT2D eigenvalue weighted by Gasteiger charge is -2.29. The number of benzene rings is 1. The number of nitrogens with zero attached hydrogens (tertiary/aromatic N) is 2. The van der Waals surface area contributed by atoms with E-state index < -0.39 is 10.0 Å². The molecule has 1 unspecified atom stereocenters. The van der Waals surface area contributed by atoms with Crippen molar-refractivity contribution in [2.45, 2.75) is 62.8 Å². The second-order valence-electron chi connectivity index (χ2n) is 7.60. The highest BCUT2D eigenvalue weighted by molar-refractivity contribution is 7.89. The Morgan fingerprint density at radius 1 is 0.889 bits per heavy atom. The van der Waals surface area contributed by atoms with Crippen LogP contribution in [0, 0.1) is 0 Å². The van der Waals surface area contributed by atoms with Crippen molar-refractivity contribution < 1.29 is 13.2 Å². The quantitative estimate of drug-likeness (QED) is 0.835. The molecule has 2 saturated heterocycles. The summed E-state index contributed by atoms with van der Waals surface area (Å²) >= 11 is 0. The van der Waals surface area contributed by atoms with Gasteiger partial charge in [0.05, 0.1) is 10.9 Å². The Morgan fingerprint density at radius 2 is 1.41 bits per heavy atom. The first kappa shape index (κ1) is 20.3. The smallest absolute Gasteiger partial charge is 0.243 e. The molecular weight excluding hydrogens is 362 g/mol. The first-order chi connectivity index (χ1) is 13.0. The zero-order chi connectivity index (χ0) is 19.3. The predicted molar refractivity (Wildman–Crippen MR) is 107 cm³/mol. The van der Waals surface area contributed by atoms with Gasteiger partial charge in [-0.3, -0.25) is 9.69 Å². The Labute approximate surface area is 163 Å². The number of nitrogens with one attached hydrogen (secondary N) is 1. The summed E-state index contributed by atoms with van der Waals surface area (Å²) in [6.45, 7) is 5.05. The van der Waals surface area contributed by atoms with Crippen LogP contribution in [0.2, 0.25) is 0 Å². The Balaban J connectivity index is 1.60. The maximum absolute atomic E-state index is 12.6. The fraction of sp³-hybridized carbons (Fsp3) is 0.650. The number of anilines is 1. The van der Waals surface area contributed by atoms with Crippen molar-refractivity contribution in [3.63, 3.8) is 0 Å². The summed E-state index contributed by atoms with van der Waals surface area (Å²) in [5.41, 5.74) is 0.638. The summed E-state index contributed by atoms with van der Waals surface area (Å²) in [6.07, 6.45) is 7.88. The molecule has 2 heterocycles. The Kier molecular flexibility index (Phi) is 6.89. The van der Waals surface area contributed by atoms with Crippen molar-refractivity contribution in [3.05, 3.63) is 24.3 Å². The maximum Gasteiger partial charge on any atom is 0.243 e. The molecule has 2 aliphatic rings. The number of hydrogen-bond donors (Lipinski definition) is 1. The molecule has 7 heteroatoms. The van der Waals surface area contributed by atoms with Crippen LogP contribution in [0.1, 0.15) is 51.9 Å². The second kappa shape index (κ2) is 9.17. The molecule has 150 valence electrons. The molecule has 1 amide bonds. The van der Waals surface area contributed by atoms with Crippen molar-refractivity contribution in [1.29, 1.82) is 0 Å². The van der Waals surface area contributed by atoms with Crippen LogP contribution in [0.15, 0.2) is 29.2 Å². The lowest BCUT2D eigenvalue weighted by atomic mass is 10.1. The van der Waals surface area contributed by atoms with E-state index in [1.165, 1.54) is 23.6 Å². The molecule has 0 spiro atoms. The van der Waals surface area contributed by atoms with Crippen LogP contribution in [0.25, 0.3) is 0 Å². The summed E-state index contributed by atoms with van der Waals surface area (Å²) in [5.74, 6) is -0.0364. The third kappa shape index (κ3) is 5.09. The number of sulfonamides is 1. The topological polar surface area (TPSA) is 69.7 Å². The maximum atomic E-state index is 12.6. The van der Waals surface area contributed by atoms with Gasteiger partial charge in [0, 0.05) is 18.8 Å². The van der Waals surface area contributed by atoms with E-state index in [0.29, 0.717) is 23.7 Å². The molecule has 1 atom stereocenters. The fourth-order valence-electron chi connectivity index (χ4n) is 3.86. The lowest BCUT2D eigenvalue weighted by Crippen LogP contribution is -2.43. The summed E-state index contributed by atoms with van der Waals surface area (Å²) < 4.78 is 26.7. The first-order valence-electron chi connectivity index (χ1n) is 10.1. The van der Waals surface area contributed by atoms with Gasteiger partial charge in [0.2, 0.25) is 15.9 Å². The molecule has 1 aromatic rings. The summed E-state index contributed by atoms with van der Waals surface area (Å²) in [7, 11) is -3.41. The van der Waals surface area contributed by atoms with E-state index in [-0.39, 0.29) is 11.9 Å². The van der Waals surface area contributed by atoms with E-state index in [1.807, 2.05) is 6.92 Å². The molecule has 1 N–H and O–H groups in total. The zero-order valence-corrected chi connectivity index (χ0v) is 17.0. The third-order valence-electron chi connectivity index (χ3n) is 5.64. The van der Waals surface area contributed by atoms with Crippen LogP contribution < -0.4 is 5.32 Å². The molecule has 2 fully saturated rings. The van der Waals surface area contributed by atoms with E-state index in [9.17, 15) is 13.2 Å².